The van der Waals surface area contributed by atoms with Gasteiger partial charge in [-0.05, 0) is 67.3 Å². The third-order valence-corrected chi connectivity index (χ3v) is 7.73. The van der Waals surface area contributed by atoms with Gasteiger partial charge in [-0.25, -0.2) is 4.79 Å². The first-order valence-electron chi connectivity index (χ1n) is 12.5. The molecule has 0 aromatic heterocycles. The maximum Gasteiger partial charge on any atom is 0.410 e. The van der Waals surface area contributed by atoms with Crippen LogP contribution >= 0.6 is 0 Å². The van der Waals surface area contributed by atoms with Crippen molar-refractivity contribution < 1.29 is 9.53 Å². The van der Waals surface area contributed by atoms with E-state index in [-0.39, 0.29) is 24.1 Å². The molecule has 0 N–H and O–H groups in total. The van der Waals surface area contributed by atoms with E-state index in [1.807, 2.05) is 4.90 Å². The fraction of sp³-hybridized carbons (Fsp3) is 0.323. The molecule has 0 saturated carbocycles. The number of ether oxygens (including phenoxy) is 1. The van der Waals surface area contributed by atoms with Gasteiger partial charge in [-0.2, -0.15) is 0 Å². The number of carbonyl (C=O) groups is 1. The van der Waals surface area contributed by atoms with Crippen molar-refractivity contribution in [2.24, 2.45) is 0 Å². The Balaban J connectivity index is 1.16. The smallest absolute Gasteiger partial charge is 0.410 e. The van der Waals surface area contributed by atoms with Gasteiger partial charge in [0.05, 0.1) is 6.04 Å². The van der Waals surface area contributed by atoms with E-state index in [0.29, 0.717) is 6.61 Å². The van der Waals surface area contributed by atoms with Crippen LogP contribution < -0.4 is 0 Å². The van der Waals surface area contributed by atoms with Gasteiger partial charge < -0.3 is 4.74 Å². The van der Waals surface area contributed by atoms with E-state index in [0.717, 1.165) is 25.7 Å². The summed E-state index contributed by atoms with van der Waals surface area (Å²) in [6.07, 6.45) is 6.20. The average molecular weight is 450 g/mol. The second-order valence-corrected chi connectivity index (χ2v) is 10.2. The number of benzene rings is 3. The summed E-state index contributed by atoms with van der Waals surface area (Å²) in [4.78, 5) is 15.3. The van der Waals surface area contributed by atoms with Gasteiger partial charge >= 0.3 is 6.09 Å². The molecule has 2 bridgehead atoms. The van der Waals surface area contributed by atoms with Gasteiger partial charge in [0.1, 0.15) is 6.61 Å². The minimum atomic E-state index is -0.156. The van der Waals surface area contributed by atoms with Gasteiger partial charge in [0, 0.05) is 12.0 Å². The van der Waals surface area contributed by atoms with Crippen molar-refractivity contribution in [3.8, 4) is 11.1 Å². The van der Waals surface area contributed by atoms with Crippen molar-refractivity contribution >= 4 is 6.09 Å². The van der Waals surface area contributed by atoms with E-state index in [1.54, 1.807) is 0 Å². The SMILES string of the molecule is Cc1cc(C)cc(CC2=CC3CCC(C2)N3C(=O)OCC2c3ccccc3-c3ccccc32)c1. The molecular formula is C31H31NO2. The topological polar surface area (TPSA) is 29.5 Å². The first-order chi connectivity index (χ1) is 16.6. The maximum atomic E-state index is 13.3. The highest BCUT2D eigenvalue weighted by Gasteiger charge is 2.41. The number of aryl methyl sites for hydroxylation is 2. The molecule has 3 aromatic carbocycles. The second kappa shape index (κ2) is 8.47. The molecule has 2 aliphatic heterocycles. The first-order valence-corrected chi connectivity index (χ1v) is 12.5. The highest BCUT2D eigenvalue weighted by Crippen LogP contribution is 2.45. The van der Waals surface area contributed by atoms with Crippen LogP contribution in [0.25, 0.3) is 11.1 Å². The predicted molar refractivity (Wildman–Crippen MR) is 136 cm³/mol. The number of carbonyl (C=O) groups excluding carboxylic acids is 1. The van der Waals surface area contributed by atoms with Crippen molar-refractivity contribution in [2.75, 3.05) is 6.61 Å². The molecule has 0 radical (unpaired) electrons. The van der Waals surface area contributed by atoms with Gasteiger partial charge in [-0.15, -0.1) is 0 Å². The summed E-state index contributed by atoms with van der Waals surface area (Å²) in [6, 6.07) is 24.2. The second-order valence-electron chi connectivity index (χ2n) is 10.2. The highest BCUT2D eigenvalue weighted by atomic mass is 16.6. The Labute approximate surface area is 202 Å². The molecule has 3 heteroatoms. The Morgan fingerprint density at radius 1 is 0.912 bits per heavy atom. The minimum absolute atomic E-state index is 0.106. The molecule has 1 fully saturated rings. The molecule has 1 saturated heterocycles. The third-order valence-electron chi connectivity index (χ3n) is 7.73. The fourth-order valence-electron chi connectivity index (χ4n) is 6.44. The zero-order chi connectivity index (χ0) is 23.2. The Hall–Kier alpha value is -3.33. The van der Waals surface area contributed by atoms with Crippen LogP contribution in [0.3, 0.4) is 0 Å². The summed E-state index contributed by atoms with van der Waals surface area (Å²) >= 11 is 0. The molecular weight excluding hydrogens is 418 g/mol. The maximum absolute atomic E-state index is 13.3. The molecule has 2 heterocycles. The molecule has 6 rings (SSSR count). The van der Waals surface area contributed by atoms with E-state index >= 15 is 0 Å². The van der Waals surface area contributed by atoms with Crippen LogP contribution in [0, 0.1) is 13.8 Å². The summed E-state index contributed by atoms with van der Waals surface area (Å²) in [5, 5.41) is 0. The Morgan fingerprint density at radius 3 is 2.21 bits per heavy atom. The number of rotatable bonds is 4. The van der Waals surface area contributed by atoms with Gasteiger partial charge in [0.15, 0.2) is 0 Å². The zero-order valence-electron chi connectivity index (χ0n) is 20.0. The molecule has 1 aliphatic carbocycles. The zero-order valence-corrected chi connectivity index (χ0v) is 20.0. The predicted octanol–water partition coefficient (Wildman–Crippen LogP) is 6.96. The van der Waals surface area contributed by atoms with E-state index in [1.165, 1.54) is 44.5 Å². The highest BCUT2D eigenvalue weighted by molar-refractivity contribution is 5.79. The first kappa shape index (κ1) is 21.2. The van der Waals surface area contributed by atoms with E-state index in [9.17, 15) is 4.79 Å². The standard InChI is InChI=1S/C31H31NO2/c1-20-13-21(2)15-22(14-20)16-23-17-24-11-12-25(18-23)32(24)31(33)34-19-30-28-9-5-3-7-26(28)27-8-4-6-10-29(27)30/h3-10,13-15,17,24-25,30H,11-12,16,18-19H2,1-2H3. The molecule has 3 nitrogen and oxygen atoms in total. The van der Waals surface area contributed by atoms with Crippen molar-refractivity contribution in [3.05, 3.63) is 106 Å². The molecule has 34 heavy (non-hydrogen) atoms. The number of hydrogen-bond acceptors (Lipinski definition) is 2. The van der Waals surface area contributed by atoms with E-state index in [4.69, 9.17) is 4.74 Å². The van der Waals surface area contributed by atoms with Crippen molar-refractivity contribution in [3.63, 3.8) is 0 Å². The summed E-state index contributed by atoms with van der Waals surface area (Å²) in [5.41, 5.74) is 10.5. The lowest BCUT2D eigenvalue weighted by Crippen LogP contribution is -2.44. The molecule has 2 unspecified atom stereocenters. The van der Waals surface area contributed by atoms with Crippen molar-refractivity contribution in [1.82, 2.24) is 4.90 Å². The lowest BCUT2D eigenvalue weighted by molar-refractivity contribution is 0.0849. The normalized spacial score (nSPS) is 20.6. The third kappa shape index (κ3) is 3.73. The summed E-state index contributed by atoms with van der Waals surface area (Å²) in [5.74, 6) is 0.106. The van der Waals surface area contributed by atoms with Gasteiger partial charge in [0.2, 0.25) is 0 Å². The van der Waals surface area contributed by atoms with Crippen LogP contribution in [0.1, 0.15) is 53.0 Å². The monoisotopic (exact) mass is 449 g/mol. The molecule has 172 valence electrons. The molecule has 1 amide bonds. The largest absolute Gasteiger partial charge is 0.448 e. The fourth-order valence-corrected chi connectivity index (χ4v) is 6.44. The van der Waals surface area contributed by atoms with Crippen LogP contribution in [0.5, 0.6) is 0 Å². The van der Waals surface area contributed by atoms with Crippen molar-refractivity contribution in [2.45, 2.75) is 57.5 Å². The Kier molecular flexibility index (Phi) is 5.28. The van der Waals surface area contributed by atoms with Crippen molar-refractivity contribution in [1.29, 1.82) is 0 Å². The van der Waals surface area contributed by atoms with Gasteiger partial charge in [-0.3, -0.25) is 4.90 Å². The number of fused-ring (bicyclic) bond motifs is 5. The van der Waals surface area contributed by atoms with Crippen LogP contribution in [0.4, 0.5) is 4.79 Å². The molecule has 3 aliphatic rings. The van der Waals surface area contributed by atoms with Crippen LogP contribution in [0.15, 0.2) is 78.4 Å². The molecule has 2 atom stereocenters. The number of amides is 1. The lowest BCUT2D eigenvalue weighted by atomic mass is 9.94. The molecule has 3 aromatic rings. The van der Waals surface area contributed by atoms with Crippen LogP contribution in [-0.2, 0) is 11.2 Å². The van der Waals surface area contributed by atoms with E-state index < -0.39 is 0 Å². The Bertz CT molecular complexity index is 1220. The summed E-state index contributed by atoms with van der Waals surface area (Å²) in [7, 11) is 0. The minimum Gasteiger partial charge on any atom is -0.448 e. The number of nitrogens with zero attached hydrogens (tertiary/aromatic N) is 1. The summed E-state index contributed by atoms with van der Waals surface area (Å²) in [6.45, 7) is 4.71. The van der Waals surface area contributed by atoms with Gasteiger partial charge in [-0.1, -0.05) is 89.5 Å². The average Bonchev–Trinajstić information content (AvgIpc) is 3.28. The molecule has 0 spiro atoms. The number of hydrogen-bond donors (Lipinski definition) is 0. The van der Waals surface area contributed by atoms with Crippen LogP contribution in [0.2, 0.25) is 0 Å². The lowest BCUT2D eigenvalue weighted by Gasteiger charge is -2.33. The van der Waals surface area contributed by atoms with E-state index in [2.05, 4.69) is 86.7 Å². The Morgan fingerprint density at radius 2 is 1.56 bits per heavy atom. The van der Waals surface area contributed by atoms with Gasteiger partial charge in [0.25, 0.3) is 0 Å². The summed E-state index contributed by atoms with van der Waals surface area (Å²) < 4.78 is 6.00. The quantitative estimate of drug-likeness (QED) is 0.403. The van der Waals surface area contributed by atoms with Crippen LogP contribution in [-0.4, -0.2) is 29.7 Å².